The first-order valence-corrected chi connectivity index (χ1v) is 5.35. The summed E-state index contributed by atoms with van der Waals surface area (Å²) >= 11 is 0. The largest absolute Gasteiger partial charge is 0.480 e. The summed E-state index contributed by atoms with van der Waals surface area (Å²) in [5, 5.41) is 8.99. The van der Waals surface area contributed by atoms with Crippen molar-refractivity contribution >= 4 is 11.9 Å². The molecule has 0 aromatic rings. The number of aliphatic carboxylic acids is 1. The number of halogens is 4. The van der Waals surface area contributed by atoms with E-state index in [-0.39, 0.29) is 13.0 Å². The van der Waals surface area contributed by atoms with Crippen LogP contribution in [0.5, 0.6) is 0 Å². The Morgan fingerprint density at radius 3 is 2.33 bits per heavy atom. The molecule has 0 radical (unpaired) electrons. The van der Waals surface area contributed by atoms with Gasteiger partial charge in [0.15, 0.2) is 0 Å². The second-order valence-corrected chi connectivity index (χ2v) is 4.42. The molecule has 1 unspecified atom stereocenters. The van der Waals surface area contributed by atoms with Crippen LogP contribution in [0.3, 0.4) is 0 Å². The number of carboxylic acids is 1. The van der Waals surface area contributed by atoms with Crippen molar-refractivity contribution in [2.45, 2.75) is 44.1 Å². The molecule has 1 heterocycles. The minimum absolute atomic E-state index is 0.0343. The van der Waals surface area contributed by atoms with Crippen LogP contribution in [0.25, 0.3) is 0 Å². The monoisotopic (exact) mass is 271 g/mol. The molecule has 18 heavy (non-hydrogen) atoms. The molecule has 1 fully saturated rings. The van der Waals surface area contributed by atoms with Crippen LogP contribution in [-0.2, 0) is 9.59 Å². The summed E-state index contributed by atoms with van der Waals surface area (Å²) in [5.41, 5.74) is -1.85. The Kier molecular flexibility index (Phi) is 3.87. The van der Waals surface area contributed by atoms with Crippen molar-refractivity contribution in [3.63, 3.8) is 0 Å². The third-order valence-corrected chi connectivity index (χ3v) is 3.16. The highest BCUT2D eigenvalue weighted by molar-refractivity contribution is 5.90. The van der Waals surface area contributed by atoms with Gasteiger partial charge in [-0.15, -0.1) is 0 Å². The summed E-state index contributed by atoms with van der Waals surface area (Å²) in [6.45, 7) is 0.831. The standard InChI is InChI=1S/C10H13F4NO3/c1-9(8(17)18)4-2-3-5-15(9)7(16)10(13,14)6(11)12/h6H,2-5H2,1H3,(H,17,18). The van der Waals surface area contributed by atoms with Gasteiger partial charge in [0.2, 0.25) is 0 Å². The predicted octanol–water partition coefficient (Wildman–Crippen LogP) is 1.74. The Balaban J connectivity index is 3.06. The molecule has 4 nitrogen and oxygen atoms in total. The first-order chi connectivity index (χ1) is 8.14. The molecular formula is C10H13F4NO3. The number of carboxylic acid groups (broad SMARTS) is 1. The third kappa shape index (κ3) is 2.28. The zero-order chi connectivity index (χ0) is 14.1. The number of nitrogens with zero attached hydrogens (tertiary/aromatic N) is 1. The smallest absolute Gasteiger partial charge is 0.383 e. The maximum atomic E-state index is 13.0. The van der Waals surface area contributed by atoms with Crippen LogP contribution in [0.1, 0.15) is 26.2 Å². The molecule has 1 N–H and O–H groups in total. The molecule has 104 valence electrons. The first kappa shape index (κ1) is 14.7. The van der Waals surface area contributed by atoms with Gasteiger partial charge in [0.25, 0.3) is 5.91 Å². The van der Waals surface area contributed by atoms with Crippen molar-refractivity contribution in [1.82, 2.24) is 4.90 Å². The van der Waals surface area contributed by atoms with Crippen molar-refractivity contribution in [3.8, 4) is 0 Å². The topological polar surface area (TPSA) is 57.6 Å². The number of hydrogen-bond acceptors (Lipinski definition) is 2. The summed E-state index contributed by atoms with van der Waals surface area (Å²) in [5.74, 6) is -8.45. The second kappa shape index (κ2) is 4.74. The normalized spacial score (nSPS) is 25.3. The molecule has 1 aliphatic heterocycles. The maximum absolute atomic E-state index is 13.0. The van der Waals surface area contributed by atoms with E-state index in [0.29, 0.717) is 17.7 Å². The Morgan fingerprint density at radius 2 is 1.89 bits per heavy atom. The third-order valence-electron chi connectivity index (χ3n) is 3.16. The molecule has 1 aliphatic rings. The summed E-state index contributed by atoms with van der Waals surface area (Å²) < 4.78 is 50.2. The summed E-state index contributed by atoms with van der Waals surface area (Å²) in [4.78, 5) is 22.8. The Morgan fingerprint density at radius 1 is 1.33 bits per heavy atom. The van der Waals surface area contributed by atoms with Crippen LogP contribution >= 0.6 is 0 Å². The van der Waals surface area contributed by atoms with Crippen molar-refractivity contribution in [2.24, 2.45) is 0 Å². The minimum Gasteiger partial charge on any atom is -0.480 e. The number of carbonyl (C=O) groups is 2. The van der Waals surface area contributed by atoms with Gasteiger partial charge in [0, 0.05) is 6.54 Å². The van der Waals surface area contributed by atoms with E-state index in [4.69, 9.17) is 5.11 Å². The van der Waals surface area contributed by atoms with Crippen LogP contribution in [-0.4, -0.2) is 46.3 Å². The van der Waals surface area contributed by atoms with Crippen molar-refractivity contribution in [3.05, 3.63) is 0 Å². The lowest BCUT2D eigenvalue weighted by Crippen LogP contribution is -2.62. The molecule has 0 spiro atoms. The average molecular weight is 271 g/mol. The van der Waals surface area contributed by atoms with E-state index in [0.717, 1.165) is 6.92 Å². The van der Waals surface area contributed by atoms with Gasteiger partial charge < -0.3 is 10.0 Å². The van der Waals surface area contributed by atoms with E-state index in [1.807, 2.05) is 0 Å². The number of rotatable bonds is 3. The van der Waals surface area contributed by atoms with Crippen molar-refractivity contribution < 1.29 is 32.3 Å². The molecule has 1 saturated heterocycles. The first-order valence-electron chi connectivity index (χ1n) is 5.35. The number of amides is 1. The maximum Gasteiger partial charge on any atom is 0.383 e. The minimum atomic E-state index is -4.85. The van der Waals surface area contributed by atoms with Crippen LogP contribution in [0, 0.1) is 0 Å². The zero-order valence-corrected chi connectivity index (χ0v) is 9.63. The lowest BCUT2D eigenvalue weighted by Gasteiger charge is -2.42. The Labute approximate surface area is 101 Å². The summed E-state index contributed by atoms with van der Waals surface area (Å²) in [7, 11) is 0. The fourth-order valence-corrected chi connectivity index (χ4v) is 1.94. The fraction of sp³-hybridized carbons (Fsp3) is 0.800. The van der Waals surface area contributed by atoms with E-state index in [1.165, 1.54) is 0 Å². The SMILES string of the molecule is CC1(C(=O)O)CCCCN1C(=O)C(F)(F)C(F)F. The number of hydrogen-bond donors (Lipinski definition) is 1. The lowest BCUT2D eigenvalue weighted by molar-refractivity contribution is -0.192. The number of carbonyl (C=O) groups excluding carboxylic acids is 1. The van der Waals surface area contributed by atoms with Gasteiger partial charge in [0.1, 0.15) is 5.54 Å². The highest BCUT2D eigenvalue weighted by Gasteiger charge is 2.56. The van der Waals surface area contributed by atoms with E-state index < -0.39 is 29.8 Å². The fourth-order valence-electron chi connectivity index (χ4n) is 1.94. The van der Waals surface area contributed by atoms with E-state index >= 15 is 0 Å². The van der Waals surface area contributed by atoms with Gasteiger partial charge >= 0.3 is 18.3 Å². The molecule has 1 atom stereocenters. The molecule has 8 heteroatoms. The quantitative estimate of drug-likeness (QED) is 0.795. The molecule has 0 aromatic heterocycles. The van der Waals surface area contributed by atoms with Crippen LogP contribution in [0.4, 0.5) is 17.6 Å². The van der Waals surface area contributed by atoms with E-state index in [2.05, 4.69) is 0 Å². The zero-order valence-electron chi connectivity index (χ0n) is 9.63. The van der Waals surface area contributed by atoms with Gasteiger partial charge in [0.05, 0.1) is 0 Å². The highest BCUT2D eigenvalue weighted by Crippen LogP contribution is 2.34. The van der Waals surface area contributed by atoms with E-state index in [9.17, 15) is 27.2 Å². The van der Waals surface area contributed by atoms with Crippen LogP contribution in [0.2, 0.25) is 0 Å². The molecule has 1 amide bonds. The molecule has 0 bridgehead atoms. The Bertz CT molecular complexity index is 361. The summed E-state index contributed by atoms with van der Waals surface area (Å²) in [6.07, 6.45) is -3.43. The molecule has 0 aliphatic carbocycles. The molecular weight excluding hydrogens is 258 g/mol. The van der Waals surface area contributed by atoms with Crippen molar-refractivity contribution in [1.29, 1.82) is 0 Å². The van der Waals surface area contributed by atoms with Gasteiger partial charge in [-0.05, 0) is 26.2 Å². The molecule has 0 aromatic carbocycles. The number of alkyl halides is 4. The van der Waals surface area contributed by atoms with E-state index in [1.54, 1.807) is 0 Å². The average Bonchev–Trinajstić information content (AvgIpc) is 2.28. The number of piperidine rings is 1. The second-order valence-electron chi connectivity index (χ2n) is 4.42. The van der Waals surface area contributed by atoms with Crippen LogP contribution in [0.15, 0.2) is 0 Å². The predicted molar refractivity (Wildman–Crippen MR) is 52.6 cm³/mol. The number of likely N-dealkylation sites (tertiary alicyclic amines) is 1. The van der Waals surface area contributed by atoms with Gasteiger partial charge in [-0.2, -0.15) is 8.78 Å². The van der Waals surface area contributed by atoms with Gasteiger partial charge in [-0.3, -0.25) is 4.79 Å². The highest BCUT2D eigenvalue weighted by atomic mass is 19.3. The molecule has 0 saturated carbocycles. The summed E-state index contributed by atoms with van der Waals surface area (Å²) in [6, 6.07) is 0. The van der Waals surface area contributed by atoms with Crippen LogP contribution < -0.4 is 0 Å². The van der Waals surface area contributed by atoms with Gasteiger partial charge in [-0.1, -0.05) is 0 Å². The van der Waals surface area contributed by atoms with Crippen molar-refractivity contribution in [2.75, 3.05) is 6.54 Å². The lowest BCUT2D eigenvalue weighted by atomic mass is 9.88. The Hall–Kier alpha value is -1.34. The molecule has 1 rings (SSSR count). The van der Waals surface area contributed by atoms with Gasteiger partial charge in [-0.25, -0.2) is 13.6 Å².